The van der Waals surface area contributed by atoms with Gasteiger partial charge in [0.15, 0.2) is 0 Å². The van der Waals surface area contributed by atoms with E-state index < -0.39 is 0 Å². The van der Waals surface area contributed by atoms with E-state index in [4.69, 9.17) is 9.47 Å². The van der Waals surface area contributed by atoms with Crippen molar-refractivity contribution in [1.29, 1.82) is 0 Å². The number of hydrogen-bond donors (Lipinski definition) is 0. The van der Waals surface area contributed by atoms with E-state index in [1.807, 2.05) is 6.92 Å². The van der Waals surface area contributed by atoms with E-state index >= 15 is 0 Å². The third-order valence-electron chi connectivity index (χ3n) is 4.57. The Bertz CT molecular complexity index is 515. The number of hydrogen-bond acceptors (Lipinski definition) is 4. The number of rotatable bonds is 8. The molecule has 0 amide bonds. The zero-order valence-corrected chi connectivity index (χ0v) is 14.6. The summed E-state index contributed by atoms with van der Waals surface area (Å²) in [5, 5.41) is 0. The molecule has 0 bridgehead atoms. The highest BCUT2D eigenvalue weighted by atomic mass is 16.5. The van der Waals surface area contributed by atoms with Crippen molar-refractivity contribution in [3.05, 3.63) is 35.4 Å². The highest BCUT2D eigenvalue weighted by Crippen LogP contribution is 2.26. The quantitative estimate of drug-likeness (QED) is 0.508. The molecule has 1 aliphatic rings. The van der Waals surface area contributed by atoms with Crippen molar-refractivity contribution in [2.75, 3.05) is 13.2 Å². The summed E-state index contributed by atoms with van der Waals surface area (Å²) in [6, 6.07) is 6.48. The number of carbonyl (C=O) groups excluding carboxylic acids is 2. The average molecular weight is 332 g/mol. The van der Waals surface area contributed by atoms with Crippen LogP contribution in [-0.4, -0.2) is 25.2 Å². The van der Waals surface area contributed by atoms with Crippen molar-refractivity contribution in [2.24, 2.45) is 5.92 Å². The summed E-state index contributed by atoms with van der Waals surface area (Å²) in [6.07, 6.45) is 9.24. The molecule has 1 aromatic rings. The zero-order chi connectivity index (χ0) is 17.2. The van der Waals surface area contributed by atoms with E-state index in [1.54, 1.807) is 24.3 Å². The second kappa shape index (κ2) is 10.1. The van der Waals surface area contributed by atoms with Gasteiger partial charge in [0.2, 0.25) is 0 Å². The number of carbonyl (C=O) groups is 2. The van der Waals surface area contributed by atoms with Crippen LogP contribution in [0.4, 0.5) is 0 Å². The fourth-order valence-corrected chi connectivity index (χ4v) is 3.01. The van der Waals surface area contributed by atoms with Crippen LogP contribution in [0.15, 0.2) is 24.3 Å². The van der Waals surface area contributed by atoms with Crippen molar-refractivity contribution in [3.8, 4) is 0 Å². The first-order valence-electron chi connectivity index (χ1n) is 9.15. The van der Waals surface area contributed by atoms with Gasteiger partial charge < -0.3 is 9.47 Å². The fourth-order valence-electron chi connectivity index (χ4n) is 3.01. The lowest BCUT2D eigenvalue weighted by atomic mass is 9.87. The maximum absolute atomic E-state index is 12.0. The first kappa shape index (κ1) is 18.5. The minimum Gasteiger partial charge on any atom is -0.462 e. The van der Waals surface area contributed by atoms with Gasteiger partial charge in [-0.3, -0.25) is 0 Å². The largest absolute Gasteiger partial charge is 0.462 e. The molecule has 4 nitrogen and oxygen atoms in total. The van der Waals surface area contributed by atoms with Crippen molar-refractivity contribution in [1.82, 2.24) is 0 Å². The summed E-state index contributed by atoms with van der Waals surface area (Å²) in [4.78, 5) is 23.8. The van der Waals surface area contributed by atoms with Crippen molar-refractivity contribution >= 4 is 11.9 Å². The number of benzene rings is 1. The van der Waals surface area contributed by atoms with Gasteiger partial charge in [0.1, 0.15) is 0 Å². The monoisotopic (exact) mass is 332 g/mol. The van der Waals surface area contributed by atoms with Crippen LogP contribution in [-0.2, 0) is 9.47 Å². The molecule has 0 aliphatic heterocycles. The minimum absolute atomic E-state index is 0.322. The standard InChI is InChI=1S/C20H28O4/c1-2-3-14-23-19(21)17-9-11-18(12-10-17)20(22)24-15-13-16-7-5-4-6-8-16/h9-12,16H,2-8,13-15H2,1H3. The molecule has 1 fully saturated rings. The minimum atomic E-state index is -0.347. The summed E-state index contributed by atoms with van der Waals surface area (Å²) in [7, 11) is 0. The zero-order valence-electron chi connectivity index (χ0n) is 14.6. The van der Waals surface area contributed by atoms with Gasteiger partial charge in [0.25, 0.3) is 0 Å². The Morgan fingerprint density at radius 1 is 0.917 bits per heavy atom. The normalized spacial score (nSPS) is 15.0. The van der Waals surface area contributed by atoms with E-state index in [2.05, 4.69) is 0 Å². The third kappa shape index (κ3) is 5.99. The van der Waals surface area contributed by atoms with Crippen LogP contribution < -0.4 is 0 Å². The van der Waals surface area contributed by atoms with E-state index in [-0.39, 0.29) is 11.9 Å². The highest BCUT2D eigenvalue weighted by Gasteiger charge is 2.15. The molecular weight excluding hydrogens is 304 g/mol. The molecule has 24 heavy (non-hydrogen) atoms. The summed E-state index contributed by atoms with van der Waals surface area (Å²) in [5.74, 6) is 0.0317. The molecule has 0 saturated heterocycles. The summed E-state index contributed by atoms with van der Waals surface area (Å²) < 4.78 is 10.5. The van der Waals surface area contributed by atoms with Crippen LogP contribution >= 0.6 is 0 Å². The molecule has 0 N–H and O–H groups in total. The molecule has 1 aromatic carbocycles. The van der Waals surface area contributed by atoms with Crippen molar-refractivity contribution in [2.45, 2.75) is 58.3 Å². The van der Waals surface area contributed by atoms with E-state index in [0.717, 1.165) is 19.3 Å². The summed E-state index contributed by atoms with van der Waals surface area (Å²) >= 11 is 0. The van der Waals surface area contributed by atoms with E-state index in [9.17, 15) is 9.59 Å². The summed E-state index contributed by atoms with van der Waals surface area (Å²) in [5.41, 5.74) is 0.939. The van der Waals surface area contributed by atoms with Crippen LogP contribution in [0.25, 0.3) is 0 Å². The Labute approximate surface area is 144 Å². The first-order chi connectivity index (χ1) is 11.7. The lowest BCUT2D eigenvalue weighted by molar-refractivity contribution is 0.0468. The number of esters is 2. The Hall–Kier alpha value is -1.84. The fraction of sp³-hybridized carbons (Fsp3) is 0.600. The molecule has 0 spiro atoms. The predicted octanol–water partition coefficient (Wildman–Crippen LogP) is 4.77. The van der Waals surface area contributed by atoms with Crippen LogP contribution in [0.3, 0.4) is 0 Å². The second-order valence-corrected chi connectivity index (χ2v) is 6.50. The molecule has 0 heterocycles. The van der Waals surface area contributed by atoms with E-state index in [1.165, 1.54) is 32.1 Å². The van der Waals surface area contributed by atoms with Gasteiger partial charge in [-0.1, -0.05) is 45.4 Å². The lowest BCUT2D eigenvalue weighted by Crippen LogP contribution is -2.13. The molecular formula is C20H28O4. The topological polar surface area (TPSA) is 52.6 Å². The summed E-state index contributed by atoms with van der Waals surface area (Å²) in [6.45, 7) is 2.95. The highest BCUT2D eigenvalue weighted by molar-refractivity contribution is 5.93. The van der Waals surface area contributed by atoms with Crippen molar-refractivity contribution < 1.29 is 19.1 Å². The van der Waals surface area contributed by atoms with Gasteiger partial charge in [0, 0.05) is 0 Å². The maximum Gasteiger partial charge on any atom is 0.338 e. The van der Waals surface area contributed by atoms with Gasteiger partial charge in [-0.15, -0.1) is 0 Å². The molecule has 0 aromatic heterocycles. The van der Waals surface area contributed by atoms with Gasteiger partial charge in [-0.25, -0.2) is 9.59 Å². The molecule has 2 rings (SSSR count). The van der Waals surface area contributed by atoms with Crippen LogP contribution in [0.2, 0.25) is 0 Å². The Balaban J connectivity index is 1.74. The molecule has 132 valence electrons. The lowest BCUT2D eigenvalue weighted by Gasteiger charge is -2.21. The average Bonchev–Trinajstić information content (AvgIpc) is 2.63. The van der Waals surface area contributed by atoms with Crippen LogP contribution in [0, 0.1) is 5.92 Å². The number of unbranched alkanes of at least 4 members (excludes halogenated alkanes) is 1. The predicted molar refractivity (Wildman–Crippen MR) is 93.1 cm³/mol. The van der Waals surface area contributed by atoms with E-state index in [0.29, 0.717) is 30.3 Å². The number of ether oxygens (including phenoxy) is 2. The van der Waals surface area contributed by atoms with Gasteiger partial charge in [-0.2, -0.15) is 0 Å². The molecule has 1 aliphatic carbocycles. The Morgan fingerprint density at radius 3 is 2.00 bits per heavy atom. The molecule has 0 radical (unpaired) electrons. The second-order valence-electron chi connectivity index (χ2n) is 6.50. The van der Waals surface area contributed by atoms with Crippen LogP contribution in [0.1, 0.15) is 79.0 Å². The molecule has 0 atom stereocenters. The van der Waals surface area contributed by atoms with Crippen molar-refractivity contribution in [3.63, 3.8) is 0 Å². The maximum atomic E-state index is 12.0. The smallest absolute Gasteiger partial charge is 0.338 e. The van der Waals surface area contributed by atoms with Crippen LogP contribution in [0.5, 0.6) is 0 Å². The van der Waals surface area contributed by atoms with Gasteiger partial charge in [0.05, 0.1) is 24.3 Å². The Kier molecular flexibility index (Phi) is 7.80. The SMILES string of the molecule is CCCCOC(=O)c1ccc(C(=O)OCCC2CCCCC2)cc1. The van der Waals surface area contributed by atoms with Gasteiger partial charge >= 0.3 is 11.9 Å². The first-order valence-corrected chi connectivity index (χ1v) is 9.15. The third-order valence-corrected chi connectivity index (χ3v) is 4.57. The Morgan fingerprint density at radius 2 is 1.46 bits per heavy atom. The molecule has 4 heteroatoms. The molecule has 0 unspecified atom stereocenters. The van der Waals surface area contributed by atoms with Gasteiger partial charge in [-0.05, 0) is 43.0 Å². The molecule has 1 saturated carbocycles.